The molecular formula is C21H24ClNO. The van der Waals surface area contributed by atoms with Crippen molar-refractivity contribution in [3.8, 4) is 0 Å². The van der Waals surface area contributed by atoms with E-state index in [9.17, 15) is 4.79 Å². The Labute approximate surface area is 149 Å². The van der Waals surface area contributed by atoms with Gasteiger partial charge in [-0.3, -0.25) is 4.79 Å². The van der Waals surface area contributed by atoms with Gasteiger partial charge < -0.3 is 4.90 Å². The molecule has 1 aliphatic heterocycles. The van der Waals surface area contributed by atoms with Gasteiger partial charge >= 0.3 is 0 Å². The number of benzene rings is 2. The highest BCUT2D eigenvalue weighted by Gasteiger charge is 2.55. The average molecular weight is 342 g/mol. The molecule has 0 radical (unpaired) electrons. The molecule has 1 fully saturated rings. The van der Waals surface area contributed by atoms with Crippen LogP contribution in [0, 0.1) is 5.92 Å². The highest BCUT2D eigenvalue weighted by atomic mass is 35.5. The Morgan fingerprint density at radius 2 is 1.54 bits per heavy atom. The number of likely N-dealkylation sites (tertiary alicyclic amines) is 1. The van der Waals surface area contributed by atoms with Crippen molar-refractivity contribution in [2.45, 2.75) is 31.7 Å². The van der Waals surface area contributed by atoms with Crippen molar-refractivity contribution >= 4 is 17.5 Å². The summed E-state index contributed by atoms with van der Waals surface area (Å²) >= 11 is 6.13. The smallest absolute Gasteiger partial charge is 0.238 e. The van der Waals surface area contributed by atoms with Gasteiger partial charge in [0.15, 0.2) is 0 Å². The quantitative estimate of drug-likeness (QED) is 0.735. The Kier molecular flexibility index (Phi) is 4.96. The molecule has 1 amide bonds. The molecular weight excluding hydrogens is 318 g/mol. The van der Waals surface area contributed by atoms with Gasteiger partial charge in [-0.1, -0.05) is 60.7 Å². The zero-order valence-corrected chi connectivity index (χ0v) is 15.0. The van der Waals surface area contributed by atoms with Gasteiger partial charge in [-0.25, -0.2) is 0 Å². The summed E-state index contributed by atoms with van der Waals surface area (Å²) in [6.07, 6.45) is 0.820. The van der Waals surface area contributed by atoms with Gasteiger partial charge in [0.1, 0.15) is 5.41 Å². The van der Waals surface area contributed by atoms with Crippen LogP contribution in [0.5, 0.6) is 0 Å². The number of carbonyl (C=O) groups is 1. The molecule has 2 aromatic carbocycles. The summed E-state index contributed by atoms with van der Waals surface area (Å²) in [5.74, 6) is 0.936. The van der Waals surface area contributed by atoms with Crippen LogP contribution in [-0.2, 0) is 10.2 Å². The number of amides is 1. The summed E-state index contributed by atoms with van der Waals surface area (Å²) in [5.41, 5.74) is 1.50. The minimum atomic E-state index is -0.637. The molecule has 1 atom stereocenters. The van der Waals surface area contributed by atoms with Crippen LogP contribution in [0.25, 0.3) is 0 Å². The van der Waals surface area contributed by atoms with Gasteiger partial charge in [0.2, 0.25) is 5.91 Å². The molecule has 0 saturated carbocycles. The molecule has 0 aliphatic carbocycles. The maximum absolute atomic E-state index is 13.6. The first-order valence-corrected chi connectivity index (χ1v) is 9.14. The minimum Gasteiger partial charge on any atom is -0.339 e. The first-order valence-electron chi connectivity index (χ1n) is 8.60. The zero-order valence-electron chi connectivity index (χ0n) is 14.3. The Morgan fingerprint density at radius 1 is 1.04 bits per heavy atom. The van der Waals surface area contributed by atoms with Gasteiger partial charge in [-0.15, -0.1) is 11.6 Å². The molecule has 0 bridgehead atoms. The molecule has 1 heterocycles. The van der Waals surface area contributed by atoms with Crippen LogP contribution in [0.3, 0.4) is 0 Å². The van der Waals surface area contributed by atoms with Crippen molar-refractivity contribution in [3.63, 3.8) is 0 Å². The number of carbonyl (C=O) groups excluding carboxylic acids is 1. The SMILES string of the molecule is CC(C)N1CC(CCCl)C(c2ccccc2)(c2ccccc2)C1=O. The summed E-state index contributed by atoms with van der Waals surface area (Å²) < 4.78 is 0. The molecule has 3 rings (SSSR count). The van der Waals surface area contributed by atoms with Crippen molar-refractivity contribution in [1.29, 1.82) is 0 Å². The van der Waals surface area contributed by atoms with E-state index < -0.39 is 5.41 Å². The minimum absolute atomic E-state index is 0.176. The van der Waals surface area contributed by atoms with E-state index in [1.54, 1.807) is 0 Å². The standard InChI is InChI=1S/C21H24ClNO/c1-16(2)23-15-19(13-14-22)21(20(23)24,17-9-5-3-6-10-17)18-11-7-4-8-12-18/h3-12,16,19H,13-15H2,1-2H3. The Bertz CT molecular complexity index is 644. The molecule has 2 nitrogen and oxygen atoms in total. The summed E-state index contributed by atoms with van der Waals surface area (Å²) in [4.78, 5) is 15.6. The lowest BCUT2D eigenvalue weighted by Gasteiger charge is -2.34. The van der Waals surface area contributed by atoms with Crippen LogP contribution in [0.1, 0.15) is 31.4 Å². The monoisotopic (exact) mass is 341 g/mol. The Hall–Kier alpha value is -1.80. The number of halogens is 1. The lowest BCUT2D eigenvalue weighted by atomic mass is 9.66. The van der Waals surface area contributed by atoms with Gasteiger partial charge in [-0.05, 0) is 31.4 Å². The number of alkyl halides is 1. The normalized spacial score (nSPS) is 19.9. The van der Waals surface area contributed by atoms with Gasteiger partial charge in [-0.2, -0.15) is 0 Å². The number of nitrogens with zero attached hydrogens (tertiary/aromatic N) is 1. The highest BCUT2D eigenvalue weighted by molar-refractivity contribution is 6.17. The summed E-state index contributed by atoms with van der Waals surface area (Å²) in [6.45, 7) is 4.93. The maximum atomic E-state index is 13.6. The number of rotatable bonds is 5. The van der Waals surface area contributed by atoms with Crippen molar-refractivity contribution in [2.24, 2.45) is 5.92 Å². The predicted molar refractivity (Wildman–Crippen MR) is 99.3 cm³/mol. The lowest BCUT2D eigenvalue weighted by Crippen LogP contribution is -2.43. The molecule has 1 aliphatic rings. The Morgan fingerprint density at radius 3 is 1.96 bits per heavy atom. The van der Waals surface area contributed by atoms with Gasteiger partial charge in [0.05, 0.1) is 0 Å². The van der Waals surface area contributed by atoms with Gasteiger partial charge in [0.25, 0.3) is 0 Å². The largest absolute Gasteiger partial charge is 0.339 e. The molecule has 3 heteroatoms. The molecule has 0 N–H and O–H groups in total. The van der Waals surface area contributed by atoms with Crippen molar-refractivity contribution in [1.82, 2.24) is 4.90 Å². The third-order valence-corrected chi connectivity index (χ3v) is 5.39. The first kappa shape index (κ1) is 17.0. The van der Waals surface area contributed by atoms with Crippen LogP contribution in [0.4, 0.5) is 0 Å². The second kappa shape index (κ2) is 6.98. The van der Waals surface area contributed by atoms with E-state index in [1.165, 1.54) is 0 Å². The Balaban J connectivity index is 2.24. The summed E-state index contributed by atoms with van der Waals surface area (Å²) in [6, 6.07) is 20.6. The second-order valence-electron chi connectivity index (χ2n) is 6.77. The van der Waals surface area contributed by atoms with Crippen LogP contribution in [-0.4, -0.2) is 29.3 Å². The fourth-order valence-corrected chi connectivity index (χ4v) is 4.29. The highest BCUT2D eigenvalue weighted by Crippen LogP contribution is 2.47. The maximum Gasteiger partial charge on any atom is 0.238 e. The fraction of sp³-hybridized carbons (Fsp3) is 0.381. The average Bonchev–Trinajstić information content (AvgIpc) is 2.90. The van der Waals surface area contributed by atoms with E-state index in [0.29, 0.717) is 5.88 Å². The van der Waals surface area contributed by atoms with Crippen molar-refractivity contribution < 1.29 is 4.79 Å². The topological polar surface area (TPSA) is 20.3 Å². The second-order valence-corrected chi connectivity index (χ2v) is 7.14. The first-order chi connectivity index (χ1) is 11.6. The molecule has 0 aromatic heterocycles. The van der Waals surface area contributed by atoms with Crippen molar-refractivity contribution in [3.05, 3.63) is 71.8 Å². The predicted octanol–water partition coefficient (Wildman–Crippen LogP) is 4.47. The van der Waals surface area contributed by atoms with E-state index in [1.807, 2.05) is 41.3 Å². The molecule has 1 unspecified atom stereocenters. The third kappa shape index (κ3) is 2.63. The van der Waals surface area contributed by atoms with Crippen LogP contribution in [0.2, 0.25) is 0 Å². The van der Waals surface area contributed by atoms with Crippen LogP contribution in [0.15, 0.2) is 60.7 Å². The van der Waals surface area contributed by atoms with E-state index in [2.05, 4.69) is 38.1 Å². The van der Waals surface area contributed by atoms with E-state index in [-0.39, 0.29) is 17.9 Å². The van der Waals surface area contributed by atoms with Crippen LogP contribution < -0.4 is 0 Å². The molecule has 0 spiro atoms. The third-order valence-electron chi connectivity index (χ3n) is 5.17. The van der Waals surface area contributed by atoms with E-state index in [0.717, 1.165) is 24.1 Å². The molecule has 1 saturated heterocycles. The molecule has 24 heavy (non-hydrogen) atoms. The van der Waals surface area contributed by atoms with Crippen molar-refractivity contribution in [2.75, 3.05) is 12.4 Å². The number of hydrogen-bond acceptors (Lipinski definition) is 1. The van der Waals surface area contributed by atoms with E-state index in [4.69, 9.17) is 11.6 Å². The van der Waals surface area contributed by atoms with Crippen LogP contribution >= 0.6 is 11.6 Å². The zero-order chi connectivity index (χ0) is 17.2. The fourth-order valence-electron chi connectivity index (χ4n) is 4.03. The molecule has 126 valence electrons. The number of hydrogen-bond donors (Lipinski definition) is 0. The lowest BCUT2D eigenvalue weighted by molar-refractivity contribution is -0.132. The van der Waals surface area contributed by atoms with E-state index >= 15 is 0 Å². The summed E-state index contributed by atoms with van der Waals surface area (Å²) in [7, 11) is 0. The molecule has 2 aromatic rings. The summed E-state index contributed by atoms with van der Waals surface area (Å²) in [5, 5.41) is 0. The van der Waals surface area contributed by atoms with Gasteiger partial charge in [0, 0.05) is 24.4 Å².